The summed E-state index contributed by atoms with van der Waals surface area (Å²) in [5.74, 6) is 0. The molecule has 0 amide bonds. The molecule has 94 valence electrons. The third-order valence-corrected chi connectivity index (χ3v) is 3.72. The van der Waals surface area contributed by atoms with Gasteiger partial charge < -0.3 is 10.1 Å². The summed E-state index contributed by atoms with van der Waals surface area (Å²) in [6.45, 7) is 8.99. The molecule has 0 spiro atoms. The first-order chi connectivity index (χ1) is 7.75. The maximum Gasteiger partial charge on any atom is 0.0702 e. The van der Waals surface area contributed by atoms with Gasteiger partial charge in [-0.05, 0) is 32.2 Å². The van der Waals surface area contributed by atoms with Crippen LogP contribution >= 0.6 is 0 Å². The molecule has 2 rings (SSSR count). The van der Waals surface area contributed by atoms with E-state index in [1.54, 1.807) is 0 Å². The molecule has 0 aromatic carbocycles. The Hall–Kier alpha value is -0.120. The SMILES string of the molecule is CC(C)NCC1CCCN1CC1CCCO1. The van der Waals surface area contributed by atoms with Crippen LogP contribution in [0.1, 0.15) is 39.5 Å². The quantitative estimate of drug-likeness (QED) is 0.771. The molecule has 0 saturated carbocycles. The van der Waals surface area contributed by atoms with Gasteiger partial charge in [0.05, 0.1) is 6.10 Å². The van der Waals surface area contributed by atoms with Gasteiger partial charge in [0.2, 0.25) is 0 Å². The van der Waals surface area contributed by atoms with Crippen LogP contribution in [0, 0.1) is 0 Å². The minimum atomic E-state index is 0.514. The van der Waals surface area contributed by atoms with Gasteiger partial charge in [-0.2, -0.15) is 0 Å². The molecule has 1 N–H and O–H groups in total. The van der Waals surface area contributed by atoms with Crippen LogP contribution in [0.5, 0.6) is 0 Å². The highest BCUT2D eigenvalue weighted by Crippen LogP contribution is 2.21. The van der Waals surface area contributed by atoms with Crippen LogP contribution in [0.3, 0.4) is 0 Å². The summed E-state index contributed by atoms with van der Waals surface area (Å²) in [6, 6.07) is 1.34. The lowest BCUT2D eigenvalue weighted by Crippen LogP contribution is -2.43. The summed E-state index contributed by atoms with van der Waals surface area (Å²) in [6.07, 6.45) is 5.75. The number of hydrogen-bond acceptors (Lipinski definition) is 3. The molecule has 2 aliphatic heterocycles. The van der Waals surface area contributed by atoms with Gasteiger partial charge in [-0.1, -0.05) is 13.8 Å². The zero-order valence-electron chi connectivity index (χ0n) is 10.7. The maximum absolute atomic E-state index is 5.73. The van der Waals surface area contributed by atoms with E-state index < -0.39 is 0 Å². The number of ether oxygens (including phenoxy) is 1. The third kappa shape index (κ3) is 3.44. The standard InChI is InChI=1S/C13H26N2O/c1-11(2)14-9-12-5-3-7-15(12)10-13-6-4-8-16-13/h11-14H,3-10H2,1-2H3. The topological polar surface area (TPSA) is 24.5 Å². The Kier molecular flexibility index (Phi) is 4.62. The zero-order valence-corrected chi connectivity index (χ0v) is 10.7. The first-order valence-corrected chi connectivity index (χ1v) is 6.84. The van der Waals surface area contributed by atoms with Crippen molar-refractivity contribution in [3.05, 3.63) is 0 Å². The maximum atomic E-state index is 5.73. The fourth-order valence-electron chi connectivity index (χ4n) is 2.79. The number of nitrogens with one attached hydrogen (secondary N) is 1. The van der Waals surface area contributed by atoms with E-state index >= 15 is 0 Å². The van der Waals surface area contributed by atoms with Crippen LogP contribution in [0.4, 0.5) is 0 Å². The van der Waals surface area contributed by atoms with Crippen LogP contribution in [-0.2, 0) is 4.74 Å². The normalized spacial score (nSPS) is 31.7. The predicted molar refractivity (Wildman–Crippen MR) is 66.7 cm³/mol. The van der Waals surface area contributed by atoms with E-state index in [0.717, 1.165) is 25.7 Å². The van der Waals surface area contributed by atoms with E-state index in [4.69, 9.17) is 4.74 Å². The Balaban J connectivity index is 1.73. The van der Waals surface area contributed by atoms with Gasteiger partial charge in [-0.3, -0.25) is 4.90 Å². The average Bonchev–Trinajstić information content (AvgIpc) is 2.87. The highest BCUT2D eigenvalue weighted by Gasteiger charge is 2.28. The van der Waals surface area contributed by atoms with Gasteiger partial charge in [0, 0.05) is 31.8 Å². The molecule has 0 aromatic heterocycles. The van der Waals surface area contributed by atoms with Gasteiger partial charge in [-0.25, -0.2) is 0 Å². The monoisotopic (exact) mass is 226 g/mol. The number of hydrogen-bond donors (Lipinski definition) is 1. The molecule has 2 unspecified atom stereocenters. The minimum Gasteiger partial charge on any atom is -0.377 e. The molecule has 0 radical (unpaired) electrons. The highest BCUT2D eigenvalue weighted by atomic mass is 16.5. The van der Waals surface area contributed by atoms with Crippen molar-refractivity contribution >= 4 is 0 Å². The second-order valence-corrected chi connectivity index (χ2v) is 5.49. The molecule has 2 fully saturated rings. The van der Waals surface area contributed by atoms with Crippen molar-refractivity contribution in [1.29, 1.82) is 0 Å². The van der Waals surface area contributed by atoms with E-state index in [-0.39, 0.29) is 0 Å². The lowest BCUT2D eigenvalue weighted by atomic mass is 10.2. The smallest absolute Gasteiger partial charge is 0.0702 e. The Bertz CT molecular complexity index is 202. The van der Waals surface area contributed by atoms with Crippen molar-refractivity contribution in [1.82, 2.24) is 10.2 Å². The van der Waals surface area contributed by atoms with Crippen molar-refractivity contribution in [2.24, 2.45) is 0 Å². The Labute approximate surface area is 99.5 Å². The van der Waals surface area contributed by atoms with Gasteiger partial charge in [0.15, 0.2) is 0 Å². The van der Waals surface area contributed by atoms with E-state index in [0.29, 0.717) is 12.1 Å². The molecule has 3 nitrogen and oxygen atoms in total. The Morgan fingerprint density at radius 1 is 1.31 bits per heavy atom. The molecule has 16 heavy (non-hydrogen) atoms. The fraction of sp³-hybridized carbons (Fsp3) is 1.00. The van der Waals surface area contributed by atoms with Crippen LogP contribution in [0.2, 0.25) is 0 Å². The van der Waals surface area contributed by atoms with Gasteiger partial charge in [0.1, 0.15) is 0 Å². The van der Waals surface area contributed by atoms with Crippen molar-refractivity contribution in [2.45, 2.75) is 57.7 Å². The summed E-state index contributed by atoms with van der Waals surface area (Å²) >= 11 is 0. The predicted octanol–water partition coefficient (Wildman–Crippen LogP) is 1.63. The van der Waals surface area contributed by atoms with Crippen molar-refractivity contribution in [3.63, 3.8) is 0 Å². The number of likely N-dealkylation sites (tertiary alicyclic amines) is 1. The second-order valence-electron chi connectivity index (χ2n) is 5.49. The molecule has 2 saturated heterocycles. The second kappa shape index (κ2) is 5.99. The molecule has 2 atom stereocenters. The van der Waals surface area contributed by atoms with Crippen LogP contribution in [0.25, 0.3) is 0 Å². The molecule has 0 aromatic rings. The molecule has 0 bridgehead atoms. The third-order valence-electron chi connectivity index (χ3n) is 3.72. The van der Waals surface area contributed by atoms with Crippen molar-refractivity contribution in [3.8, 4) is 0 Å². The van der Waals surface area contributed by atoms with Crippen LogP contribution in [0.15, 0.2) is 0 Å². The van der Waals surface area contributed by atoms with Gasteiger partial charge in [-0.15, -0.1) is 0 Å². The van der Waals surface area contributed by atoms with E-state index in [1.165, 1.54) is 32.2 Å². The largest absolute Gasteiger partial charge is 0.377 e. The lowest BCUT2D eigenvalue weighted by molar-refractivity contribution is 0.0686. The average molecular weight is 226 g/mol. The number of rotatable bonds is 5. The lowest BCUT2D eigenvalue weighted by Gasteiger charge is -2.27. The first kappa shape index (κ1) is 12.3. The van der Waals surface area contributed by atoms with Gasteiger partial charge in [0.25, 0.3) is 0 Å². The minimum absolute atomic E-state index is 0.514. The summed E-state index contributed by atoms with van der Waals surface area (Å²) in [5, 5.41) is 3.56. The molecule has 2 aliphatic rings. The number of nitrogens with zero attached hydrogens (tertiary/aromatic N) is 1. The molecule has 2 heterocycles. The van der Waals surface area contributed by atoms with Crippen molar-refractivity contribution < 1.29 is 4.74 Å². The van der Waals surface area contributed by atoms with Gasteiger partial charge >= 0.3 is 0 Å². The van der Waals surface area contributed by atoms with E-state index in [1.807, 2.05) is 0 Å². The first-order valence-electron chi connectivity index (χ1n) is 6.84. The summed E-state index contributed by atoms with van der Waals surface area (Å²) < 4.78 is 5.73. The summed E-state index contributed by atoms with van der Waals surface area (Å²) in [7, 11) is 0. The summed E-state index contributed by atoms with van der Waals surface area (Å²) in [5.41, 5.74) is 0. The van der Waals surface area contributed by atoms with Crippen LogP contribution in [-0.4, -0.2) is 49.3 Å². The van der Waals surface area contributed by atoms with E-state index in [9.17, 15) is 0 Å². The fourth-order valence-corrected chi connectivity index (χ4v) is 2.79. The highest BCUT2D eigenvalue weighted by molar-refractivity contribution is 4.84. The van der Waals surface area contributed by atoms with Crippen LogP contribution < -0.4 is 5.32 Å². The molecular weight excluding hydrogens is 200 g/mol. The van der Waals surface area contributed by atoms with Crippen molar-refractivity contribution in [2.75, 3.05) is 26.2 Å². The molecular formula is C13H26N2O. The van der Waals surface area contributed by atoms with E-state index in [2.05, 4.69) is 24.1 Å². The zero-order chi connectivity index (χ0) is 11.4. The summed E-state index contributed by atoms with van der Waals surface area (Å²) in [4.78, 5) is 2.63. The molecule has 3 heteroatoms. The Morgan fingerprint density at radius 2 is 2.19 bits per heavy atom. The Morgan fingerprint density at radius 3 is 2.88 bits per heavy atom. The molecule has 0 aliphatic carbocycles.